The lowest BCUT2D eigenvalue weighted by molar-refractivity contribution is -0.384. The van der Waals surface area contributed by atoms with Crippen molar-refractivity contribution in [2.24, 2.45) is 0 Å². The zero-order valence-corrected chi connectivity index (χ0v) is 17.3. The van der Waals surface area contributed by atoms with E-state index in [1.165, 1.54) is 12.1 Å². The normalized spacial score (nSPS) is 22.0. The highest BCUT2D eigenvalue weighted by Gasteiger charge is 2.40. The number of nitrogens with zero attached hydrogens (tertiary/aromatic N) is 2. The maximum absolute atomic E-state index is 13.5. The molecule has 2 aliphatic heterocycles. The molecule has 2 heterocycles. The Morgan fingerprint density at radius 3 is 2.73 bits per heavy atom. The quantitative estimate of drug-likeness (QED) is 0.583. The van der Waals surface area contributed by atoms with Crippen molar-refractivity contribution in [1.29, 1.82) is 0 Å². The van der Waals surface area contributed by atoms with Gasteiger partial charge in [0.25, 0.3) is 11.6 Å². The molecule has 3 aliphatic rings. The molecule has 0 aromatic heterocycles. The van der Waals surface area contributed by atoms with Crippen LogP contribution >= 0.6 is 11.6 Å². The van der Waals surface area contributed by atoms with Gasteiger partial charge < -0.3 is 15.0 Å². The van der Waals surface area contributed by atoms with Gasteiger partial charge >= 0.3 is 0 Å². The van der Waals surface area contributed by atoms with Crippen LogP contribution < -0.4 is 5.32 Å². The van der Waals surface area contributed by atoms with Crippen molar-refractivity contribution in [3.63, 3.8) is 0 Å². The summed E-state index contributed by atoms with van der Waals surface area (Å²) >= 11 is 6.01. The third-order valence-corrected chi connectivity index (χ3v) is 6.12. The van der Waals surface area contributed by atoms with Gasteiger partial charge in [0.05, 0.1) is 18.1 Å². The number of hydrogen-bond donors (Lipinski definition) is 1. The van der Waals surface area contributed by atoms with Gasteiger partial charge in [-0.25, -0.2) is 0 Å². The summed E-state index contributed by atoms with van der Waals surface area (Å²) < 4.78 is 5.36. The molecule has 0 radical (unpaired) electrons. The number of ketones is 1. The predicted octanol–water partition coefficient (Wildman–Crippen LogP) is 3.07. The molecule has 1 aromatic carbocycles. The van der Waals surface area contributed by atoms with Crippen molar-refractivity contribution < 1.29 is 19.2 Å². The number of carbonyl (C=O) groups is 2. The average Bonchev–Trinajstić information content (AvgIpc) is 2.73. The number of allylic oxidation sites excluding steroid dienone is 3. The van der Waals surface area contributed by atoms with Crippen LogP contribution in [0.3, 0.4) is 0 Å². The second-order valence-corrected chi connectivity index (χ2v) is 8.05. The number of ether oxygens (including phenoxy) is 1. The summed E-state index contributed by atoms with van der Waals surface area (Å²) in [6, 6.07) is 4.50. The molecule has 1 amide bonds. The topological polar surface area (TPSA) is 102 Å². The van der Waals surface area contributed by atoms with Crippen molar-refractivity contribution in [2.75, 3.05) is 26.3 Å². The Kier molecular flexibility index (Phi) is 5.62. The van der Waals surface area contributed by atoms with Crippen molar-refractivity contribution in [2.45, 2.75) is 32.1 Å². The molecule has 1 fully saturated rings. The molecule has 1 saturated heterocycles. The third-order valence-electron chi connectivity index (χ3n) is 5.80. The van der Waals surface area contributed by atoms with Crippen LogP contribution in [0.5, 0.6) is 0 Å². The minimum absolute atomic E-state index is 0.0172. The van der Waals surface area contributed by atoms with Crippen LogP contribution in [-0.4, -0.2) is 47.8 Å². The summed E-state index contributed by atoms with van der Waals surface area (Å²) in [5, 5.41) is 14.7. The third kappa shape index (κ3) is 3.61. The van der Waals surface area contributed by atoms with Gasteiger partial charge in [-0.15, -0.1) is 0 Å². The number of amides is 1. The van der Waals surface area contributed by atoms with Gasteiger partial charge in [0.2, 0.25) is 0 Å². The molecule has 8 nitrogen and oxygen atoms in total. The zero-order chi connectivity index (χ0) is 21.4. The molecule has 0 spiro atoms. The van der Waals surface area contributed by atoms with Crippen LogP contribution in [0.15, 0.2) is 40.7 Å². The van der Waals surface area contributed by atoms with Crippen molar-refractivity contribution in [1.82, 2.24) is 10.2 Å². The first-order valence-corrected chi connectivity index (χ1v) is 10.3. The molecule has 0 bridgehead atoms. The van der Waals surface area contributed by atoms with Crippen LogP contribution in [0.4, 0.5) is 5.69 Å². The Morgan fingerprint density at radius 1 is 1.30 bits per heavy atom. The van der Waals surface area contributed by atoms with Crippen LogP contribution in [0, 0.1) is 10.1 Å². The smallest absolute Gasteiger partial charge is 0.288 e. The van der Waals surface area contributed by atoms with Crippen LogP contribution in [0.25, 0.3) is 0 Å². The van der Waals surface area contributed by atoms with Crippen LogP contribution in [0.1, 0.15) is 37.7 Å². The van der Waals surface area contributed by atoms with E-state index in [-0.39, 0.29) is 22.4 Å². The number of morpholine rings is 1. The first kappa shape index (κ1) is 20.6. The largest absolute Gasteiger partial charge is 0.378 e. The van der Waals surface area contributed by atoms with E-state index < -0.39 is 10.8 Å². The van der Waals surface area contributed by atoms with E-state index in [4.69, 9.17) is 16.3 Å². The van der Waals surface area contributed by atoms with Crippen molar-refractivity contribution in [3.05, 3.63) is 61.4 Å². The molecule has 9 heteroatoms. The molecule has 158 valence electrons. The average molecular weight is 432 g/mol. The summed E-state index contributed by atoms with van der Waals surface area (Å²) in [6.07, 6.45) is 1.83. The number of halogens is 1. The van der Waals surface area contributed by atoms with Gasteiger partial charge in [0.1, 0.15) is 5.02 Å². The number of benzene rings is 1. The number of dihydropyridines is 1. The molecule has 1 N–H and O–H groups in total. The second-order valence-electron chi connectivity index (χ2n) is 7.64. The Morgan fingerprint density at radius 2 is 2.03 bits per heavy atom. The number of hydrogen-bond acceptors (Lipinski definition) is 6. The van der Waals surface area contributed by atoms with E-state index in [1.807, 2.05) is 6.92 Å². The number of nitro groups is 1. The molecule has 30 heavy (non-hydrogen) atoms. The molecule has 1 atom stereocenters. The first-order chi connectivity index (χ1) is 14.4. The summed E-state index contributed by atoms with van der Waals surface area (Å²) in [7, 11) is 0. The lowest BCUT2D eigenvalue weighted by Gasteiger charge is -2.37. The Balaban J connectivity index is 1.86. The highest BCUT2D eigenvalue weighted by molar-refractivity contribution is 6.32. The van der Waals surface area contributed by atoms with Crippen LogP contribution in [0.2, 0.25) is 5.02 Å². The lowest BCUT2D eigenvalue weighted by Crippen LogP contribution is -2.44. The SMILES string of the molecule is CC1=C(C(=O)N2CCOCC2)C(c2ccc(Cl)c([N+](=O)[O-])c2)C2=C(CCCC2=O)N1. The van der Waals surface area contributed by atoms with E-state index >= 15 is 0 Å². The zero-order valence-electron chi connectivity index (χ0n) is 16.6. The fourth-order valence-corrected chi connectivity index (χ4v) is 4.57. The van der Waals surface area contributed by atoms with E-state index in [0.717, 1.165) is 12.1 Å². The fourth-order valence-electron chi connectivity index (χ4n) is 4.39. The fraction of sp³-hybridized carbons (Fsp3) is 0.429. The molecule has 0 saturated carbocycles. The van der Waals surface area contributed by atoms with Gasteiger partial charge in [-0.05, 0) is 31.4 Å². The van der Waals surface area contributed by atoms with Gasteiger partial charge in [-0.2, -0.15) is 0 Å². The summed E-state index contributed by atoms with van der Waals surface area (Å²) in [4.78, 5) is 39.0. The molecule has 1 aromatic rings. The maximum atomic E-state index is 13.5. The summed E-state index contributed by atoms with van der Waals surface area (Å²) in [5.41, 5.74) is 2.72. The number of nitro benzene ring substituents is 1. The van der Waals surface area contributed by atoms with Crippen molar-refractivity contribution in [3.8, 4) is 0 Å². The Bertz CT molecular complexity index is 994. The predicted molar refractivity (Wildman–Crippen MR) is 110 cm³/mol. The molecular formula is C21H22ClN3O5. The monoisotopic (exact) mass is 431 g/mol. The highest BCUT2D eigenvalue weighted by atomic mass is 35.5. The van der Waals surface area contributed by atoms with Crippen LogP contribution in [-0.2, 0) is 14.3 Å². The summed E-state index contributed by atoms with van der Waals surface area (Å²) in [5.74, 6) is -0.887. The highest BCUT2D eigenvalue weighted by Crippen LogP contribution is 2.44. The van der Waals surface area contributed by atoms with Gasteiger partial charge in [0, 0.05) is 54.0 Å². The van der Waals surface area contributed by atoms with E-state index in [1.54, 1.807) is 11.0 Å². The standard InChI is InChI=1S/C21H22ClN3O5/c1-12-18(21(27)24-7-9-30-10-8-24)19(20-15(23-12)3-2-4-17(20)26)13-5-6-14(22)16(11-13)25(28)29/h5-6,11,19,23H,2-4,7-10H2,1H3. The van der Waals surface area contributed by atoms with Crippen molar-refractivity contribution >= 4 is 29.0 Å². The minimum atomic E-state index is -0.666. The first-order valence-electron chi connectivity index (χ1n) is 9.93. The Hall–Kier alpha value is -2.71. The van der Waals surface area contributed by atoms with Gasteiger partial charge in [-0.1, -0.05) is 17.7 Å². The Labute approximate surface area is 178 Å². The van der Waals surface area contributed by atoms with E-state index in [0.29, 0.717) is 61.6 Å². The number of rotatable bonds is 3. The molecule has 1 unspecified atom stereocenters. The molecule has 4 rings (SSSR count). The molecule has 1 aliphatic carbocycles. The molecular weight excluding hydrogens is 410 g/mol. The van der Waals surface area contributed by atoms with E-state index in [9.17, 15) is 19.7 Å². The lowest BCUT2D eigenvalue weighted by atomic mass is 9.74. The van der Waals surface area contributed by atoms with E-state index in [2.05, 4.69) is 5.32 Å². The van der Waals surface area contributed by atoms with Gasteiger partial charge in [-0.3, -0.25) is 19.7 Å². The number of Topliss-reactive ketones (excluding diaryl/α,β-unsaturated/α-hetero) is 1. The number of carbonyl (C=O) groups excluding carboxylic acids is 2. The maximum Gasteiger partial charge on any atom is 0.288 e. The number of nitrogens with one attached hydrogen (secondary N) is 1. The minimum Gasteiger partial charge on any atom is -0.378 e. The second kappa shape index (κ2) is 8.20. The summed E-state index contributed by atoms with van der Waals surface area (Å²) in [6.45, 7) is 3.64. The van der Waals surface area contributed by atoms with Gasteiger partial charge in [0.15, 0.2) is 5.78 Å².